The van der Waals surface area contributed by atoms with E-state index < -0.39 is 0 Å². The number of carbonyl (C=O) groups is 1. The van der Waals surface area contributed by atoms with Gasteiger partial charge < -0.3 is 15.4 Å². The van der Waals surface area contributed by atoms with Gasteiger partial charge in [-0.2, -0.15) is 0 Å². The molecular formula is C17H30N2O2. The molecule has 3 rings (SSSR count). The fourth-order valence-corrected chi connectivity index (χ4v) is 4.70. The Bertz CT molecular complexity index is 360. The third-order valence-corrected chi connectivity index (χ3v) is 5.92. The van der Waals surface area contributed by atoms with Gasteiger partial charge in [0.25, 0.3) is 0 Å². The zero-order valence-electron chi connectivity index (χ0n) is 13.3. The summed E-state index contributed by atoms with van der Waals surface area (Å²) in [6, 6.07) is 0.354. The lowest BCUT2D eigenvalue weighted by Crippen LogP contribution is -2.49. The van der Waals surface area contributed by atoms with Crippen LogP contribution in [-0.4, -0.2) is 43.2 Å². The molecule has 2 saturated carbocycles. The second-order valence-corrected chi connectivity index (χ2v) is 7.30. The zero-order chi connectivity index (χ0) is 14.8. The van der Waals surface area contributed by atoms with Gasteiger partial charge in [0.1, 0.15) is 0 Å². The second kappa shape index (κ2) is 6.66. The van der Waals surface area contributed by atoms with Crippen molar-refractivity contribution in [1.82, 2.24) is 4.90 Å². The Kier molecular flexibility index (Phi) is 4.85. The Morgan fingerprint density at radius 3 is 2.62 bits per heavy atom. The van der Waals surface area contributed by atoms with Gasteiger partial charge in [0.15, 0.2) is 0 Å². The molecule has 1 aliphatic heterocycles. The summed E-state index contributed by atoms with van der Waals surface area (Å²) < 4.78 is 5.51. The summed E-state index contributed by atoms with van der Waals surface area (Å²) in [5, 5.41) is 0. The number of hydrogen-bond donors (Lipinski definition) is 1. The third-order valence-electron chi connectivity index (χ3n) is 5.92. The van der Waals surface area contributed by atoms with Crippen LogP contribution in [0.5, 0.6) is 0 Å². The molecule has 3 atom stereocenters. The number of fused-ring (bicyclic) bond motifs is 2. The minimum absolute atomic E-state index is 0.242. The number of ether oxygens (including phenoxy) is 1. The highest BCUT2D eigenvalue weighted by Crippen LogP contribution is 2.42. The van der Waals surface area contributed by atoms with E-state index in [9.17, 15) is 4.79 Å². The van der Waals surface area contributed by atoms with Gasteiger partial charge in [-0.25, -0.2) is 0 Å². The van der Waals surface area contributed by atoms with Gasteiger partial charge in [0.05, 0.1) is 6.61 Å². The number of likely N-dealkylation sites (tertiary alicyclic amines) is 1. The van der Waals surface area contributed by atoms with E-state index in [2.05, 4.69) is 4.90 Å². The lowest BCUT2D eigenvalue weighted by Gasteiger charge is -2.44. The van der Waals surface area contributed by atoms with Crippen LogP contribution >= 0.6 is 0 Å². The fourth-order valence-electron chi connectivity index (χ4n) is 4.70. The number of hydrogen-bond acceptors (Lipinski definition) is 3. The molecule has 0 aromatic heterocycles. The van der Waals surface area contributed by atoms with Crippen LogP contribution in [0.2, 0.25) is 0 Å². The summed E-state index contributed by atoms with van der Waals surface area (Å²) >= 11 is 0. The van der Waals surface area contributed by atoms with E-state index in [4.69, 9.17) is 10.5 Å². The summed E-state index contributed by atoms with van der Waals surface area (Å²) in [5.41, 5.74) is 6.34. The van der Waals surface area contributed by atoms with Gasteiger partial charge in [-0.1, -0.05) is 6.42 Å². The maximum atomic E-state index is 12.8. The average Bonchev–Trinajstić information content (AvgIpc) is 2.93. The van der Waals surface area contributed by atoms with Crippen molar-refractivity contribution in [2.24, 2.45) is 29.4 Å². The van der Waals surface area contributed by atoms with E-state index in [-0.39, 0.29) is 5.92 Å². The fraction of sp³-hybridized carbons (Fsp3) is 0.941. The van der Waals surface area contributed by atoms with Gasteiger partial charge in [0.2, 0.25) is 5.91 Å². The van der Waals surface area contributed by atoms with E-state index in [1.165, 1.54) is 19.3 Å². The van der Waals surface area contributed by atoms with Crippen LogP contribution in [0, 0.1) is 23.7 Å². The van der Waals surface area contributed by atoms with Crippen LogP contribution in [0.15, 0.2) is 0 Å². The SMILES string of the molecule is CCOCC1CCN(C(=O)C2CC3CCCC(C2)C3N)C1. The standard InChI is InChI=1S/C17H30N2O2/c1-2-21-11-12-6-7-19(10-12)17(20)15-8-13-4-3-5-14(9-15)16(13)18/h12-16H,2-11,18H2,1H3. The summed E-state index contributed by atoms with van der Waals surface area (Å²) in [6.07, 6.45) is 6.93. The Balaban J connectivity index is 1.54. The highest BCUT2D eigenvalue weighted by atomic mass is 16.5. The van der Waals surface area contributed by atoms with Crippen molar-refractivity contribution in [1.29, 1.82) is 0 Å². The van der Waals surface area contributed by atoms with Crippen LogP contribution in [0.4, 0.5) is 0 Å². The molecule has 2 bridgehead atoms. The number of carbonyl (C=O) groups excluding carboxylic acids is 1. The lowest BCUT2D eigenvalue weighted by molar-refractivity contribution is -0.137. The Morgan fingerprint density at radius 2 is 1.95 bits per heavy atom. The largest absolute Gasteiger partial charge is 0.381 e. The molecule has 2 N–H and O–H groups in total. The molecule has 3 aliphatic rings. The van der Waals surface area contributed by atoms with E-state index in [1.54, 1.807) is 0 Å². The normalized spacial score (nSPS) is 39.5. The average molecular weight is 294 g/mol. The molecule has 0 aromatic rings. The molecule has 4 heteroatoms. The van der Waals surface area contributed by atoms with Crippen LogP contribution in [0.1, 0.15) is 45.4 Å². The van der Waals surface area contributed by atoms with E-state index in [1.807, 2.05) is 6.92 Å². The summed E-state index contributed by atoms with van der Waals surface area (Å²) in [5.74, 6) is 2.37. The summed E-state index contributed by atoms with van der Waals surface area (Å²) in [7, 11) is 0. The predicted octanol–water partition coefficient (Wildman–Crippen LogP) is 2.03. The highest BCUT2D eigenvalue weighted by molar-refractivity contribution is 5.79. The predicted molar refractivity (Wildman–Crippen MR) is 82.7 cm³/mol. The molecule has 21 heavy (non-hydrogen) atoms. The second-order valence-electron chi connectivity index (χ2n) is 7.30. The van der Waals surface area contributed by atoms with Crippen molar-refractivity contribution in [2.45, 2.75) is 51.5 Å². The highest BCUT2D eigenvalue weighted by Gasteiger charge is 2.42. The Labute approximate surface area is 128 Å². The van der Waals surface area contributed by atoms with Crippen molar-refractivity contribution < 1.29 is 9.53 Å². The Hall–Kier alpha value is -0.610. The summed E-state index contributed by atoms with van der Waals surface area (Å²) in [6.45, 7) is 5.43. The van der Waals surface area contributed by atoms with Gasteiger partial charge in [-0.15, -0.1) is 0 Å². The van der Waals surface area contributed by atoms with Crippen molar-refractivity contribution in [2.75, 3.05) is 26.3 Å². The van der Waals surface area contributed by atoms with Gasteiger partial charge in [0, 0.05) is 37.6 Å². The van der Waals surface area contributed by atoms with Crippen LogP contribution in [0.3, 0.4) is 0 Å². The van der Waals surface area contributed by atoms with Crippen molar-refractivity contribution >= 4 is 5.91 Å². The van der Waals surface area contributed by atoms with Gasteiger partial charge in [-0.05, 0) is 50.9 Å². The van der Waals surface area contributed by atoms with Gasteiger partial charge in [-0.3, -0.25) is 4.79 Å². The first-order chi connectivity index (χ1) is 10.2. The van der Waals surface area contributed by atoms with E-state index in [0.717, 1.165) is 45.6 Å². The molecule has 1 amide bonds. The first-order valence-electron chi connectivity index (χ1n) is 8.81. The number of amides is 1. The van der Waals surface area contributed by atoms with Crippen LogP contribution < -0.4 is 5.73 Å². The maximum Gasteiger partial charge on any atom is 0.225 e. The topological polar surface area (TPSA) is 55.6 Å². The number of nitrogens with two attached hydrogens (primary N) is 1. The van der Waals surface area contributed by atoms with Crippen molar-refractivity contribution in [3.05, 3.63) is 0 Å². The quantitative estimate of drug-likeness (QED) is 0.863. The lowest BCUT2D eigenvalue weighted by atomic mass is 9.65. The van der Waals surface area contributed by atoms with E-state index in [0.29, 0.717) is 29.7 Å². The van der Waals surface area contributed by atoms with Gasteiger partial charge >= 0.3 is 0 Å². The molecular weight excluding hydrogens is 264 g/mol. The number of rotatable bonds is 4. The minimum Gasteiger partial charge on any atom is -0.381 e. The monoisotopic (exact) mass is 294 g/mol. The molecule has 0 radical (unpaired) electrons. The van der Waals surface area contributed by atoms with Crippen LogP contribution in [0.25, 0.3) is 0 Å². The Morgan fingerprint density at radius 1 is 1.24 bits per heavy atom. The zero-order valence-corrected chi connectivity index (χ0v) is 13.3. The molecule has 0 spiro atoms. The molecule has 1 saturated heterocycles. The molecule has 2 aliphatic carbocycles. The molecule has 0 aromatic carbocycles. The third kappa shape index (κ3) is 3.26. The molecule has 3 unspecified atom stereocenters. The van der Waals surface area contributed by atoms with E-state index >= 15 is 0 Å². The minimum atomic E-state index is 0.242. The first kappa shape index (κ1) is 15.3. The number of nitrogens with zero attached hydrogens (tertiary/aromatic N) is 1. The van der Waals surface area contributed by atoms with Crippen molar-refractivity contribution in [3.8, 4) is 0 Å². The molecule has 4 nitrogen and oxygen atoms in total. The summed E-state index contributed by atoms with van der Waals surface area (Å²) in [4.78, 5) is 14.9. The maximum absolute atomic E-state index is 12.8. The molecule has 3 fully saturated rings. The van der Waals surface area contributed by atoms with Crippen LogP contribution in [-0.2, 0) is 9.53 Å². The smallest absolute Gasteiger partial charge is 0.225 e. The molecule has 1 heterocycles. The first-order valence-corrected chi connectivity index (χ1v) is 8.81. The van der Waals surface area contributed by atoms with Crippen molar-refractivity contribution in [3.63, 3.8) is 0 Å². The molecule has 120 valence electrons.